The van der Waals surface area contributed by atoms with E-state index < -0.39 is 69.3 Å². The van der Waals surface area contributed by atoms with Crippen LogP contribution >= 0.6 is 0 Å². The molecule has 6 amide bonds. The number of aromatic nitrogens is 3. The highest BCUT2D eigenvalue weighted by Gasteiger charge is 2.68. The molecular formula is C116H148N12O15S3. The van der Waals surface area contributed by atoms with E-state index in [2.05, 4.69) is 94.9 Å². The van der Waals surface area contributed by atoms with Gasteiger partial charge in [-0.2, -0.15) is 0 Å². The summed E-state index contributed by atoms with van der Waals surface area (Å²) in [5, 5.41) is 14.0. The normalized spacial score (nSPS) is 24.9. The van der Waals surface area contributed by atoms with Gasteiger partial charge in [-0.15, -0.1) is 0 Å². The van der Waals surface area contributed by atoms with Crippen molar-refractivity contribution >= 4 is 98.2 Å². The number of nitrogens with zero attached hydrogens (tertiary/aromatic N) is 6. The van der Waals surface area contributed by atoms with Crippen molar-refractivity contribution in [2.24, 2.45) is 16.2 Å². The molecule has 3 aromatic heterocycles. The predicted molar refractivity (Wildman–Crippen MR) is 570 cm³/mol. The lowest BCUT2D eigenvalue weighted by atomic mass is 9.79. The van der Waals surface area contributed by atoms with E-state index in [4.69, 9.17) is 14.2 Å². The number of carbonyl (C=O) groups excluding carboxylic acids is 6. The molecule has 9 aliphatic carbocycles. The number of carbonyl (C=O) groups is 6. The van der Waals surface area contributed by atoms with E-state index in [1.165, 1.54) is 143 Å². The Hall–Kier alpha value is -10.1. The van der Waals surface area contributed by atoms with Crippen LogP contribution in [0.2, 0.25) is 0 Å². The van der Waals surface area contributed by atoms with Crippen molar-refractivity contribution in [2.75, 3.05) is 91.7 Å². The van der Waals surface area contributed by atoms with Crippen LogP contribution in [0, 0.1) is 16.2 Å². The number of rotatable bonds is 20. The summed E-state index contributed by atoms with van der Waals surface area (Å²) in [6.07, 6.45) is 37.0. The number of methoxy groups -OCH3 is 3. The van der Waals surface area contributed by atoms with Crippen LogP contribution in [0.4, 0.5) is 0 Å². The number of ether oxygens (including phenoxy) is 3. The molecule has 146 heavy (non-hydrogen) atoms. The second-order valence-corrected chi connectivity index (χ2v) is 52.4. The van der Waals surface area contributed by atoms with Crippen molar-refractivity contribution in [3.05, 3.63) is 159 Å². The smallest absolute Gasteiger partial charge is 0.264 e. The van der Waals surface area contributed by atoms with Gasteiger partial charge in [0.2, 0.25) is 47.8 Å². The van der Waals surface area contributed by atoms with Gasteiger partial charge in [-0.05, 0) is 265 Å². The van der Waals surface area contributed by atoms with Gasteiger partial charge in [-0.25, -0.2) is 39.4 Å². The number of hydrogen-bond acceptors (Lipinski definition) is 18. The lowest BCUT2D eigenvalue weighted by Crippen LogP contribution is -2.63. The molecule has 24 rings (SSSR count). The molecule has 0 radical (unpaired) electrons. The fourth-order valence-corrected chi connectivity index (χ4v) is 32.2. The molecule has 6 atom stereocenters. The first-order chi connectivity index (χ1) is 70.4. The third kappa shape index (κ3) is 18.3. The quantitative estimate of drug-likeness (QED) is 0.0413. The fourth-order valence-electron chi connectivity index (χ4n) is 29.5. The summed E-state index contributed by atoms with van der Waals surface area (Å²) in [5.41, 5.74) is 16.2. The Morgan fingerprint density at radius 2 is 0.644 bits per heavy atom. The third-order valence-electron chi connectivity index (χ3n) is 37.1. The van der Waals surface area contributed by atoms with E-state index >= 15 is 9.59 Å². The van der Waals surface area contributed by atoms with Gasteiger partial charge in [-0.3, -0.25) is 28.8 Å². The average Bonchev–Trinajstić information content (AvgIpc) is 1.52. The Bertz CT molecular complexity index is 7010. The maximum atomic E-state index is 15.0. The van der Waals surface area contributed by atoms with Gasteiger partial charge in [0, 0.05) is 179 Å². The number of hydrogen-bond donors (Lipinski definition) is 6. The molecule has 9 aromatic rings. The maximum Gasteiger partial charge on any atom is 0.264 e. The Morgan fingerprint density at radius 1 is 0.363 bits per heavy atom. The molecule has 15 aliphatic rings. The molecule has 27 nitrogen and oxygen atoms in total. The molecule has 12 fully saturated rings. The van der Waals surface area contributed by atoms with E-state index in [0.29, 0.717) is 86.6 Å². The minimum atomic E-state index is -3.80. The third-order valence-corrected chi connectivity index (χ3v) is 41.7. The summed E-state index contributed by atoms with van der Waals surface area (Å²) in [6.45, 7) is 15.1. The van der Waals surface area contributed by atoms with Gasteiger partial charge in [0.1, 0.15) is 17.2 Å². The van der Waals surface area contributed by atoms with Crippen LogP contribution < -0.4 is 44.3 Å². The molecule has 6 N–H and O–H groups in total. The van der Waals surface area contributed by atoms with Crippen LogP contribution in [-0.2, 0) is 64.1 Å². The van der Waals surface area contributed by atoms with Gasteiger partial charge in [0.05, 0.1) is 71.4 Å². The average molecular weight is 2050 g/mol. The molecule has 780 valence electrons. The van der Waals surface area contributed by atoms with Crippen LogP contribution in [0.25, 0.3) is 66.5 Å². The van der Waals surface area contributed by atoms with Crippen molar-refractivity contribution in [3.63, 3.8) is 0 Å². The van der Waals surface area contributed by atoms with Gasteiger partial charge >= 0.3 is 0 Å². The number of piperazine rings is 3. The van der Waals surface area contributed by atoms with Crippen molar-refractivity contribution in [2.45, 2.75) is 323 Å². The number of sulfonamides is 3. The Labute approximate surface area is 860 Å². The van der Waals surface area contributed by atoms with Crippen LogP contribution in [0.1, 0.15) is 346 Å². The minimum absolute atomic E-state index is 0.0110. The highest BCUT2D eigenvalue weighted by atomic mass is 32.2. The molecule has 3 spiro atoms. The van der Waals surface area contributed by atoms with Gasteiger partial charge in [-0.1, -0.05) is 141 Å². The van der Waals surface area contributed by atoms with Crippen molar-refractivity contribution in [1.82, 2.24) is 58.5 Å². The summed E-state index contributed by atoms with van der Waals surface area (Å²) in [6, 6.07) is 36.0. The summed E-state index contributed by atoms with van der Waals surface area (Å²) >= 11 is 0. The van der Waals surface area contributed by atoms with E-state index in [9.17, 15) is 44.4 Å². The lowest BCUT2D eigenvalue weighted by Gasteiger charge is -2.47. The number of benzene rings is 6. The topological polar surface area (TPSA) is 329 Å². The molecule has 0 bridgehead atoms. The Balaban J connectivity index is 0.000000125. The van der Waals surface area contributed by atoms with Crippen LogP contribution in [-0.4, -0.2) is 203 Å². The summed E-state index contributed by atoms with van der Waals surface area (Å²) in [5.74, 6) is 2.36. The second kappa shape index (κ2) is 39.4. The monoisotopic (exact) mass is 2050 g/mol. The first-order valence-electron chi connectivity index (χ1n) is 55.2. The van der Waals surface area contributed by atoms with Crippen LogP contribution in [0.15, 0.2) is 109 Å². The molecule has 30 heteroatoms. The zero-order valence-corrected chi connectivity index (χ0v) is 88.9. The highest BCUT2D eigenvalue weighted by molar-refractivity contribution is 7.90. The number of fused-ring (bicyclic) bond motifs is 21. The molecular weight excluding hydrogens is 1900 g/mol. The molecule has 6 aliphatic heterocycles. The zero-order valence-electron chi connectivity index (χ0n) is 86.4. The standard InChI is InChI=1S/2C39H50N4O5S.C38H48N4O5S/c1-25(2)49(46,47)41-36(44)27-12-14-30-33(20-27)43-24-39(37(45)42-19-18-40-38(23-42)16-8-5-9-17-38)22-32(39)31-21-28(48-3)13-15-29(31)35(43)34(30)26-10-6-4-7-11-26;1-3-20-49(46,47)41-36(44)27-12-14-30-33(21-27)43-25-39(37(45)42-19-18-40-38(24-42)16-8-5-9-17-38)23-32(39)31-22-28(48-2)13-15-29(31)35(43)34(30)26-10-6-4-7-11-26;1-3-19-48(45,46)40-35(43)26-11-13-29-32(20-26)42-24-38(36(44)41-18-17-39-37(23-41)15-7-8-16-37)22-31(38)30-21-27(47-2)12-14-28(30)34(42)33(29)25-9-5-4-6-10-25/h12-15,20-21,25-26,32,40H,4-11,16-19,22-24H2,1-3H3,(H,41,44);12-15,21-22,26,32,40H,3-11,16-20,23-25H2,1-2H3,(H,41,44);11-14,20-21,25,31,39H,3-10,15-19,22-24H2,1-2H3,(H,40,43). The Morgan fingerprint density at radius 3 is 0.925 bits per heavy atom. The first kappa shape index (κ1) is 100. The van der Waals surface area contributed by atoms with E-state index in [1.54, 1.807) is 67.2 Å². The molecule has 3 saturated heterocycles. The maximum absolute atomic E-state index is 15.0. The van der Waals surface area contributed by atoms with Gasteiger partial charge in [0.25, 0.3) is 17.7 Å². The molecule has 6 unspecified atom stereocenters. The Kier molecular flexibility index (Phi) is 27.1. The van der Waals surface area contributed by atoms with E-state index in [1.807, 2.05) is 54.6 Å². The van der Waals surface area contributed by atoms with Crippen molar-refractivity contribution < 1.29 is 68.2 Å². The SMILES string of the molecule is CCCS(=O)(=O)NC(=O)c1ccc2c(C3CCCCC3)c3n(c2c1)CC1(C(=O)N2CCNC4(CCCC4)C2)CC1c1cc(OC)ccc1-3.CCCS(=O)(=O)NC(=O)c1ccc2c(C3CCCCC3)c3n(c2c1)CC1(C(=O)N2CCNC4(CCCCC4)C2)CC1c1cc(OC)ccc1-3.COc1ccc2c(c1)C1CC1(C(=O)N1CCNC3(CCCCC3)C1)Cn1c-2c(C2CCCCC2)c2ccc(C(=O)NS(=O)(=O)C(C)C)cc21. The minimum Gasteiger partial charge on any atom is -0.497 e. The molecule has 9 saturated carbocycles. The highest BCUT2D eigenvalue weighted by Crippen LogP contribution is 2.70. The first-order valence-corrected chi connectivity index (χ1v) is 60.1. The summed E-state index contributed by atoms with van der Waals surface area (Å²) < 4.78 is 107. The predicted octanol–water partition coefficient (Wildman–Crippen LogP) is 19.0. The number of amides is 6. The molecule has 9 heterocycles. The van der Waals surface area contributed by atoms with Crippen molar-refractivity contribution in [3.8, 4) is 51.0 Å². The largest absolute Gasteiger partial charge is 0.497 e. The lowest BCUT2D eigenvalue weighted by molar-refractivity contribution is -0.141. The van der Waals surface area contributed by atoms with Crippen LogP contribution in [0.3, 0.4) is 0 Å². The summed E-state index contributed by atoms with van der Waals surface area (Å²) in [7, 11) is -6.17. The second-order valence-electron chi connectivity index (χ2n) is 46.5. The van der Waals surface area contributed by atoms with E-state index in [-0.39, 0.29) is 63.6 Å². The summed E-state index contributed by atoms with van der Waals surface area (Å²) in [4.78, 5) is 91.7. The van der Waals surface area contributed by atoms with E-state index in [0.717, 1.165) is 219 Å². The molecule has 6 aromatic carbocycles. The van der Waals surface area contributed by atoms with Gasteiger partial charge < -0.3 is 58.6 Å². The van der Waals surface area contributed by atoms with Crippen LogP contribution in [0.5, 0.6) is 17.2 Å². The van der Waals surface area contributed by atoms with Gasteiger partial charge in [0.15, 0.2) is 0 Å². The fraction of sp³-hybridized carbons (Fsp3) is 0.586. The van der Waals surface area contributed by atoms with Crippen molar-refractivity contribution in [1.29, 1.82) is 0 Å². The zero-order chi connectivity index (χ0) is 101. The number of nitrogens with one attached hydrogen (secondary N) is 6.